The standard InChI is InChI=1S/C7H4N2O2.C6H4NO4S2/c8-9-6-3-1-5(2-4-6)7(10)11;8-12(9)5-3-1-2-4-6(5)13(10,11)7-12/h1-4H;1-4H/q;-1/p+1. The average Bonchev–Trinajstić information content (AvgIpc) is 2.73. The molecule has 0 bridgehead atoms. The van der Waals surface area contributed by atoms with E-state index < -0.39 is 26.0 Å². The summed E-state index contributed by atoms with van der Waals surface area (Å²) in [5.41, 5.74) is 0.521. The molecular weight excluding hydrogens is 358 g/mol. The monoisotopic (exact) mass is 367 g/mol. The highest BCUT2D eigenvalue weighted by molar-refractivity contribution is 8.14. The molecule has 1 aliphatic rings. The molecule has 11 heteroatoms. The van der Waals surface area contributed by atoms with Crippen LogP contribution in [0.4, 0.5) is 5.69 Å². The molecule has 1 heterocycles. The van der Waals surface area contributed by atoms with Crippen molar-refractivity contribution in [3.05, 3.63) is 63.2 Å². The maximum absolute atomic E-state index is 11.1. The first-order valence-electron chi connectivity index (χ1n) is 6.19. The molecule has 0 aromatic heterocycles. The molecule has 0 atom stereocenters. The second-order valence-electron chi connectivity index (χ2n) is 4.42. The molecule has 0 fully saturated rings. The van der Waals surface area contributed by atoms with Crippen molar-refractivity contribution in [1.82, 2.24) is 0 Å². The first-order chi connectivity index (χ1) is 11.2. The van der Waals surface area contributed by atoms with Crippen molar-refractivity contribution in [1.29, 1.82) is 5.39 Å². The number of rotatable bonds is 1. The first kappa shape index (κ1) is 17.5. The van der Waals surface area contributed by atoms with E-state index in [1.54, 1.807) is 0 Å². The molecule has 2 aromatic rings. The molecule has 1 aliphatic heterocycles. The number of hydrogen-bond donors (Lipinski definition) is 1. The zero-order valence-corrected chi connectivity index (χ0v) is 13.4. The van der Waals surface area contributed by atoms with Gasteiger partial charge in [0.05, 0.1) is 15.4 Å². The van der Waals surface area contributed by atoms with Crippen molar-refractivity contribution in [3.63, 3.8) is 0 Å². The fourth-order valence-corrected chi connectivity index (χ4v) is 5.21. The van der Waals surface area contributed by atoms with Gasteiger partial charge in [0.15, 0.2) is 4.98 Å². The summed E-state index contributed by atoms with van der Waals surface area (Å²) >= 11 is 0. The Bertz CT molecular complexity index is 987. The van der Waals surface area contributed by atoms with E-state index in [9.17, 15) is 21.6 Å². The van der Waals surface area contributed by atoms with Crippen molar-refractivity contribution in [2.24, 2.45) is 0 Å². The van der Waals surface area contributed by atoms with Gasteiger partial charge in [-0.1, -0.05) is 12.1 Å². The summed E-state index contributed by atoms with van der Waals surface area (Å²) in [6.45, 7) is 0. The largest absolute Gasteiger partial charge is 0.478 e. The van der Waals surface area contributed by atoms with Crippen LogP contribution >= 0.6 is 0 Å². The van der Waals surface area contributed by atoms with E-state index in [1.807, 2.05) is 0 Å². The topological polar surface area (TPSA) is 148 Å². The number of benzene rings is 2. The molecule has 0 saturated heterocycles. The molecule has 0 unspecified atom stereocenters. The fraction of sp³-hybridized carbons (Fsp3) is 0. The second kappa shape index (κ2) is 6.36. The Balaban J connectivity index is 0.000000177. The van der Waals surface area contributed by atoms with Gasteiger partial charge in [-0.05, 0) is 24.3 Å². The third-order valence-corrected chi connectivity index (χ3v) is 6.35. The van der Waals surface area contributed by atoms with Crippen LogP contribution in [0, 0.1) is 5.39 Å². The lowest BCUT2D eigenvalue weighted by Crippen LogP contribution is -1.93. The minimum atomic E-state index is -3.98. The van der Waals surface area contributed by atoms with Crippen LogP contribution in [0.1, 0.15) is 10.4 Å². The Hall–Kier alpha value is -2.81. The highest BCUT2D eigenvalue weighted by Gasteiger charge is 2.26. The molecule has 0 amide bonds. The smallest absolute Gasteiger partial charge is 0.385 e. The molecule has 0 saturated carbocycles. The molecule has 0 radical (unpaired) electrons. The quantitative estimate of drug-likeness (QED) is 0.760. The lowest BCUT2D eigenvalue weighted by atomic mass is 10.2. The lowest BCUT2D eigenvalue weighted by molar-refractivity contribution is 0.0697. The molecule has 3 rings (SSSR count). The van der Waals surface area contributed by atoms with E-state index in [0.29, 0.717) is 5.69 Å². The van der Waals surface area contributed by atoms with Gasteiger partial charge >= 0.3 is 11.7 Å². The van der Waals surface area contributed by atoms with Gasteiger partial charge in [-0.15, -0.1) is 0 Å². The van der Waals surface area contributed by atoms with Gasteiger partial charge < -0.3 is 9.23 Å². The average molecular weight is 367 g/mol. The maximum atomic E-state index is 11.1. The predicted octanol–water partition coefficient (Wildman–Crippen LogP) is 2.32. The summed E-state index contributed by atoms with van der Waals surface area (Å²) in [6, 6.07) is 10.9. The minimum Gasteiger partial charge on any atom is -0.478 e. The number of carboxylic acids is 1. The van der Waals surface area contributed by atoms with Gasteiger partial charge in [-0.25, -0.2) is 21.6 Å². The molecule has 2 aromatic carbocycles. The number of carboxylic acid groups (broad SMARTS) is 1. The van der Waals surface area contributed by atoms with E-state index in [1.165, 1.54) is 48.5 Å². The zero-order chi connectivity index (χ0) is 18.0. The molecule has 24 heavy (non-hydrogen) atoms. The summed E-state index contributed by atoms with van der Waals surface area (Å²) in [5, 5.41) is 16.7. The Morgan fingerprint density at radius 3 is 1.75 bits per heavy atom. The van der Waals surface area contributed by atoms with Crippen LogP contribution < -0.4 is 0 Å². The first-order valence-corrected chi connectivity index (χ1v) is 9.07. The molecule has 9 nitrogen and oxygen atoms in total. The Kier molecular flexibility index (Phi) is 4.65. The lowest BCUT2D eigenvalue weighted by Gasteiger charge is -2.05. The third kappa shape index (κ3) is 3.57. The van der Waals surface area contributed by atoms with E-state index in [4.69, 9.17) is 10.5 Å². The molecule has 124 valence electrons. The van der Waals surface area contributed by atoms with E-state index in [0.717, 1.165) is 0 Å². The summed E-state index contributed by atoms with van der Waals surface area (Å²) < 4.78 is 47.3. The number of nitrogens with zero attached hydrogens (tertiary/aromatic N) is 3. The van der Waals surface area contributed by atoms with Crippen molar-refractivity contribution in [3.8, 4) is 0 Å². The maximum Gasteiger partial charge on any atom is 0.385 e. The van der Waals surface area contributed by atoms with Crippen LogP contribution in [0.5, 0.6) is 0 Å². The number of carbonyl (C=O) groups is 1. The van der Waals surface area contributed by atoms with Crippen LogP contribution in [0.2, 0.25) is 0 Å². The van der Waals surface area contributed by atoms with Gasteiger partial charge in [-0.3, -0.25) is 0 Å². The highest BCUT2D eigenvalue weighted by Crippen LogP contribution is 2.37. The molecule has 0 aliphatic carbocycles. The van der Waals surface area contributed by atoms with Gasteiger partial charge in [0.2, 0.25) is 5.39 Å². The SMILES string of the molecule is N#[N+]c1ccc(C(=O)O)cc1.O=S1(=O)[N-]S(=O)(=O)c2ccccc21. The summed E-state index contributed by atoms with van der Waals surface area (Å²) in [4.78, 5) is 12.7. The summed E-state index contributed by atoms with van der Waals surface area (Å²) in [6.07, 6.45) is 0. The molecule has 1 N–H and O–H groups in total. The van der Waals surface area contributed by atoms with Crippen molar-refractivity contribution >= 4 is 31.7 Å². The summed E-state index contributed by atoms with van der Waals surface area (Å²) in [7, 11) is -7.95. The molecule has 0 spiro atoms. The van der Waals surface area contributed by atoms with Crippen molar-refractivity contribution in [2.45, 2.75) is 9.79 Å². The number of hydrogen-bond acceptors (Lipinski definition) is 6. The Labute approximate surface area is 137 Å². The van der Waals surface area contributed by atoms with Gasteiger partial charge in [0.1, 0.15) is 20.0 Å². The Morgan fingerprint density at radius 2 is 1.38 bits per heavy atom. The summed E-state index contributed by atoms with van der Waals surface area (Å²) in [5.74, 6) is -0.991. The van der Waals surface area contributed by atoms with Gasteiger partial charge in [0.25, 0.3) is 0 Å². The van der Waals surface area contributed by atoms with Crippen LogP contribution in [0.25, 0.3) is 9.10 Å². The van der Waals surface area contributed by atoms with Gasteiger partial charge in [0, 0.05) is 12.1 Å². The Morgan fingerprint density at radius 1 is 0.917 bits per heavy atom. The minimum absolute atomic E-state index is 0.178. The van der Waals surface area contributed by atoms with E-state index in [2.05, 4.69) is 9.10 Å². The second-order valence-corrected chi connectivity index (χ2v) is 7.80. The zero-order valence-electron chi connectivity index (χ0n) is 11.8. The number of sulfonamides is 2. The van der Waals surface area contributed by atoms with E-state index >= 15 is 0 Å². The van der Waals surface area contributed by atoms with Crippen LogP contribution in [0.3, 0.4) is 0 Å². The molecular formula is C13H9N3O6S2. The number of diazo groups is 1. The van der Waals surface area contributed by atoms with Crippen LogP contribution in [-0.2, 0) is 20.0 Å². The van der Waals surface area contributed by atoms with Crippen molar-refractivity contribution < 1.29 is 26.7 Å². The fourth-order valence-electron chi connectivity index (χ4n) is 1.76. The number of aromatic carboxylic acids is 1. The third-order valence-electron chi connectivity index (χ3n) is 2.83. The van der Waals surface area contributed by atoms with Crippen LogP contribution in [0.15, 0.2) is 58.3 Å². The normalized spacial score (nSPS) is 16.1. The number of fused-ring (bicyclic) bond motifs is 1. The van der Waals surface area contributed by atoms with E-state index in [-0.39, 0.29) is 15.4 Å². The van der Waals surface area contributed by atoms with Crippen molar-refractivity contribution in [2.75, 3.05) is 0 Å². The van der Waals surface area contributed by atoms with Gasteiger partial charge in [-0.2, -0.15) is 0 Å². The highest BCUT2D eigenvalue weighted by atomic mass is 32.3. The predicted molar refractivity (Wildman–Crippen MR) is 82.3 cm³/mol. The van der Waals surface area contributed by atoms with Crippen LogP contribution in [-0.4, -0.2) is 27.9 Å².